The number of Topliss-reactive ketones (excluding diaryl/α,β-unsaturated/α-hetero) is 1. The highest BCUT2D eigenvalue weighted by atomic mass is 32.2. The summed E-state index contributed by atoms with van der Waals surface area (Å²) in [6.45, 7) is 22.7. The highest BCUT2D eigenvalue weighted by molar-refractivity contribution is 7.98. The van der Waals surface area contributed by atoms with Gasteiger partial charge in [-0.25, -0.2) is 9.59 Å². The molecule has 0 radical (unpaired) electrons. The van der Waals surface area contributed by atoms with Crippen LogP contribution in [0.3, 0.4) is 0 Å². The second-order valence-corrected chi connectivity index (χ2v) is 43.1. The summed E-state index contributed by atoms with van der Waals surface area (Å²) < 4.78 is 64.8. The third kappa shape index (κ3) is 20.8. The van der Waals surface area contributed by atoms with E-state index in [4.69, 9.17) is 18.9 Å². The van der Waals surface area contributed by atoms with Crippen LogP contribution in [0.25, 0.3) is 0 Å². The number of benzene rings is 12. The number of carbonyl (C=O) groups excluding carboxylic acids is 5. The van der Waals surface area contributed by atoms with Crippen molar-refractivity contribution >= 4 is 73.2 Å². The van der Waals surface area contributed by atoms with E-state index in [0.717, 1.165) is 85.9 Å². The Morgan fingerprint density at radius 1 is 0.394 bits per heavy atom. The lowest BCUT2D eigenvalue weighted by molar-refractivity contribution is -0.176. The van der Waals surface area contributed by atoms with Crippen LogP contribution in [0.5, 0.6) is 17.2 Å². The third-order valence-electron chi connectivity index (χ3n) is 25.8. The standard InChI is InChI=1S/C31H33O2S.C30H31O4S.C25H24F3O3S.C24H25OS/c1-21-13-28(34(26-9-5-3-6-10-26)27-11-7-4-8-12-27)14-22(2)29(21)33-30(32)31-18-23-15-24(19-31)17-25(16-23)20-31;1-20-18-24(35(22-12-8-6-9-13-22)23-14-10-7-11-15-23)19-21(2)25(20)33-27(32)30-17-16-29(5,26(31)34-30)28(30,3)4;1-18-15-22(32(20-9-5-3-6-10-20)21-11-7-4-8-12-21)16-19(2)24(18)31-17-23(29)30-14-13-25(26,27)28;1-4-20(25)17-24-18(2)15-23(16-19(24)3)26(21-11-7-5-8-12-21)22-13-9-6-10-14-22/h3-14,23-25H,15-20H2,1-2H3;6-15,18-19H,16-17H2,1-5H3;3-12,15-16H,13-14,17H2,1-2H3;5-16H,4,17H2,1-3H3/q4*+1. The molecule has 654 valence electrons. The molecule has 2 unspecified atom stereocenters. The van der Waals surface area contributed by atoms with Gasteiger partial charge < -0.3 is 23.7 Å². The zero-order valence-electron chi connectivity index (χ0n) is 74.5. The van der Waals surface area contributed by atoms with Gasteiger partial charge in [0.05, 0.1) is 60.8 Å². The van der Waals surface area contributed by atoms with Crippen LogP contribution in [-0.2, 0) is 83.4 Å². The molecular formula is C110H113F3O10S4+4. The van der Waals surface area contributed by atoms with E-state index in [0.29, 0.717) is 43.0 Å². The molecule has 0 aromatic heterocycles. The van der Waals surface area contributed by atoms with E-state index in [2.05, 4.69) is 263 Å². The van der Waals surface area contributed by atoms with Crippen molar-refractivity contribution in [3.05, 3.63) is 341 Å². The molecule has 5 saturated carbocycles. The molecule has 12 aromatic rings. The Hall–Kier alpha value is -10.8. The van der Waals surface area contributed by atoms with Crippen LogP contribution in [0, 0.1) is 89.4 Å². The molecular weight excluding hydrogens is 1670 g/mol. The number of ether oxygens (including phenoxy) is 5. The number of hydrogen-bond acceptors (Lipinski definition) is 10. The van der Waals surface area contributed by atoms with Gasteiger partial charge in [-0.3, -0.25) is 14.4 Å². The summed E-state index contributed by atoms with van der Waals surface area (Å²) in [5.41, 5.74) is 6.40. The number of hydrogen-bond donors (Lipinski definition) is 0. The van der Waals surface area contributed by atoms with E-state index in [9.17, 15) is 37.1 Å². The zero-order chi connectivity index (χ0) is 90.0. The first kappa shape index (κ1) is 92.4. The van der Waals surface area contributed by atoms with Crippen LogP contribution in [0.2, 0.25) is 0 Å². The molecule has 17 heteroatoms. The fourth-order valence-corrected chi connectivity index (χ4v) is 28.3. The van der Waals surface area contributed by atoms with Crippen LogP contribution in [0.15, 0.2) is 350 Å². The Morgan fingerprint density at radius 2 is 0.677 bits per heavy atom. The molecule has 12 aromatic carbocycles. The summed E-state index contributed by atoms with van der Waals surface area (Å²) >= 11 is 0. The molecule has 10 nitrogen and oxygen atoms in total. The summed E-state index contributed by atoms with van der Waals surface area (Å²) in [7, 11) is -0.965. The van der Waals surface area contributed by atoms with Gasteiger partial charge in [0.25, 0.3) is 0 Å². The minimum Gasteiger partial charge on any atom is -0.481 e. The van der Waals surface area contributed by atoms with Crippen molar-refractivity contribution in [1.29, 1.82) is 0 Å². The first-order valence-electron chi connectivity index (χ1n) is 43.8. The Morgan fingerprint density at radius 3 is 0.945 bits per heavy atom. The lowest BCUT2D eigenvalue weighted by Crippen LogP contribution is -2.51. The van der Waals surface area contributed by atoms with E-state index < -0.39 is 54.2 Å². The summed E-state index contributed by atoms with van der Waals surface area (Å²) in [6, 6.07) is 101. The van der Waals surface area contributed by atoms with Crippen molar-refractivity contribution in [3.8, 4) is 17.2 Å². The SMILES string of the molecule is CCC(=O)Cc1c(C)cc([S+](c2ccccc2)c2ccccc2)cc1C.Cc1cc([S+](c2ccccc2)c2ccccc2)cc(C)c1OC(=O)C12CC3CC(CC(C3)C1)C2.Cc1cc([S+](c2ccccc2)c2ccccc2)cc(C)c1OC(=O)C12CCC(C)(C(=O)O1)C2(C)C.Cc1cc([S+](c2ccccc2)c2ccccc2)cc(C)c1OCC(=O)OCCC(F)(F)F. The summed E-state index contributed by atoms with van der Waals surface area (Å²) in [5, 5.41) is 0. The molecule has 6 aliphatic rings. The second kappa shape index (κ2) is 40.2. The Balaban J connectivity index is 0.000000138. The fourth-order valence-electron chi connectivity index (χ4n) is 19.3. The highest BCUT2D eigenvalue weighted by Crippen LogP contribution is 2.66. The lowest BCUT2D eigenvalue weighted by Gasteiger charge is -2.55. The van der Waals surface area contributed by atoms with Gasteiger partial charge in [0.15, 0.2) is 65.4 Å². The van der Waals surface area contributed by atoms with Gasteiger partial charge in [-0.15, -0.1) is 0 Å². The average Bonchev–Trinajstić information content (AvgIpc) is 1.52. The molecule has 18 rings (SSSR count). The van der Waals surface area contributed by atoms with Gasteiger partial charge in [-0.05, 0) is 291 Å². The number of rotatable bonds is 24. The number of alkyl halides is 3. The van der Waals surface area contributed by atoms with E-state index in [-0.39, 0.29) is 60.9 Å². The Kier molecular flexibility index (Phi) is 29.3. The van der Waals surface area contributed by atoms with Crippen molar-refractivity contribution in [2.45, 2.75) is 224 Å². The van der Waals surface area contributed by atoms with Crippen molar-refractivity contribution in [2.24, 2.45) is 34.0 Å². The van der Waals surface area contributed by atoms with E-state index in [1.165, 1.54) is 84.9 Å². The predicted molar refractivity (Wildman–Crippen MR) is 502 cm³/mol. The number of esters is 4. The van der Waals surface area contributed by atoms with Crippen molar-refractivity contribution in [3.63, 3.8) is 0 Å². The molecule has 5 aliphatic carbocycles. The monoisotopic (exact) mass is 1780 g/mol. The molecule has 0 amide bonds. The minimum absolute atomic E-state index is 0.0377. The molecule has 127 heavy (non-hydrogen) atoms. The molecule has 1 aliphatic heterocycles. The lowest BCUT2D eigenvalue weighted by atomic mass is 9.49. The van der Waals surface area contributed by atoms with Crippen LogP contribution >= 0.6 is 0 Å². The largest absolute Gasteiger partial charge is 0.481 e. The molecule has 2 atom stereocenters. The molecule has 0 spiro atoms. The molecule has 1 saturated heterocycles. The van der Waals surface area contributed by atoms with Crippen molar-refractivity contribution in [2.75, 3.05) is 13.2 Å². The van der Waals surface area contributed by atoms with Crippen LogP contribution < -0.4 is 14.2 Å². The molecule has 6 fully saturated rings. The van der Waals surface area contributed by atoms with E-state index >= 15 is 0 Å². The molecule has 1 heterocycles. The number of fused-ring (bicyclic) bond motifs is 2. The number of ketones is 1. The van der Waals surface area contributed by atoms with Gasteiger partial charge >= 0.3 is 30.1 Å². The first-order valence-corrected chi connectivity index (χ1v) is 48.7. The topological polar surface area (TPSA) is 132 Å². The van der Waals surface area contributed by atoms with Gasteiger partial charge in [0.2, 0.25) is 5.60 Å². The number of halogens is 3. The summed E-state index contributed by atoms with van der Waals surface area (Å²) in [5.74, 6) is 2.80. The average molecular weight is 1780 g/mol. The molecule has 0 N–H and O–H groups in total. The minimum atomic E-state index is -4.36. The Labute approximate surface area is 758 Å². The zero-order valence-corrected chi connectivity index (χ0v) is 77.8. The first-order chi connectivity index (χ1) is 60.9. The van der Waals surface area contributed by atoms with E-state index in [1.54, 1.807) is 0 Å². The quantitative estimate of drug-likeness (QED) is 0.0327. The highest BCUT2D eigenvalue weighted by Gasteiger charge is 2.76. The van der Waals surface area contributed by atoms with Crippen molar-refractivity contribution < 1.29 is 60.8 Å². The normalized spacial score (nSPS) is 19.1. The maximum absolute atomic E-state index is 13.6. The maximum atomic E-state index is 13.6. The maximum Gasteiger partial charge on any atom is 0.392 e. The van der Waals surface area contributed by atoms with Crippen molar-refractivity contribution in [1.82, 2.24) is 0 Å². The van der Waals surface area contributed by atoms with Crippen LogP contribution in [0.4, 0.5) is 13.2 Å². The smallest absolute Gasteiger partial charge is 0.392 e. The van der Waals surface area contributed by atoms with Crippen LogP contribution in [0.1, 0.15) is 142 Å². The summed E-state index contributed by atoms with van der Waals surface area (Å²) in [6.07, 6.45) is 3.84. The molecule has 6 bridgehead atoms. The van der Waals surface area contributed by atoms with Gasteiger partial charge in [-0.2, -0.15) is 13.2 Å². The summed E-state index contributed by atoms with van der Waals surface area (Å²) in [4.78, 5) is 78.4. The Bertz CT molecular complexity index is 5580. The second-order valence-electron chi connectivity index (χ2n) is 35.0. The van der Waals surface area contributed by atoms with Crippen LogP contribution in [-0.4, -0.2) is 54.7 Å². The number of aryl methyl sites for hydroxylation is 8. The van der Waals surface area contributed by atoms with Gasteiger partial charge in [0, 0.05) is 54.7 Å². The fraction of sp³-hybridized carbons (Fsp3) is 0.300. The third-order valence-corrected chi connectivity index (χ3v) is 34.5. The van der Waals surface area contributed by atoms with Gasteiger partial charge in [-0.1, -0.05) is 166 Å². The predicted octanol–water partition coefficient (Wildman–Crippen LogP) is 26.1. The van der Waals surface area contributed by atoms with E-state index in [1.807, 2.05) is 116 Å². The number of carbonyl (C=O) groups is 5. The van der Waals surface area contributed by atoms with Gasteiger partial charge in [0.1, 0.15) is 29.6 Å².